The first kappa shape index (κ1) is 14.1. The number of ether oxygens (including phenoxy) is 1. The number of thiophene rings is 1. The van der Waals surface area contributed by atoms with Gasteiger partial charge in [0.2, 0.25) is 0 Å². The van der Waals surface area contributed by atoms with E-state index in [2.05, 4.69) is 4.83 Å². The van der Waals surface area contributed by atoms with Crippen LogP contribution in [0.2, 0.25) is 0 Å². The molecular formula is C8H12N4O5S2. The Labute approximate surface area is 113 Å². The van der Waals surface area contributed by atoms with E-state index < -0.39 is 20.6 Å². The predicted octanol–water partition coefficient (Wildman–Crippen LogP) is -0.236. The second kappa shape index (κ2) is 5.38. The number of nitrogens with two attached hydrogens (primary N) is 1. The summed E-state index contributed by atoms with van der Waals surface area (Å²) >= 11 is 0.666. The van der Waals surface area contributed by atoms with Crippen LogP contribution in [0.25, 0.3) is 0 Å². The van der Waals surface area contributed by atoms with Crippen LogP contribution in [0.5, 0.6) is 0 Å². The number of nitrogens with zero attached hydrogens (tertiary/aromatic N) is 2. The molecule has 11 heteroatoms. The second-order valence-electron chi connectivity index (χ2n) is 3.77. The molecule has 9 nitrogen and oxygen atoms in total. The molecule has 2 rings (SSSR count). The van der Waals surface area contributed by atoms with Gasteiger partial charge in [-0.15, -0.1) is 4.83 Å². The standard InChI is InChI=1S/C8H12N4O5S2/c9-8-6(12(13)14)5-7(18-8)19(15,16)10-11-1-3-17-4-2-11/h5,10H,1-4,9H2. The maximum atomic E-state index is 12.0. The van der Waals surface area contributed by atoms with E-state index in [-0.39, 0.29) is 9.21 Å². The number of nitro groups is 1. The molecule has 0 saturated carbocycles. The van der Waals surface area contributed by atoms with Crippen molar-refractivity contribution in [3.63, 3.8) is 0 Å². The molecule has 0 atom stereocenters. The van der Waals surface area contributed by atoms with Crippen molar-refractivity contribution < 1.29 is 18.1 Å². The van der Waals surface area contributed by atoms with Crippen LogP contribution in [-0.4, -0.2) is 44.7 Å². The molecule has 0 unspecified atom stereocenters. The summed E-state index contributed by atoms with van der Waals surface area (Å²) < 4.78 is 29.0. The van der Waals surface area contributed by atoms with Crippen LogP contribution in [-0.2, 0) is 14.8 Å². The molecular weight excluding hydrogens is 296 g/mol. The lowest BCUT2D eigenvalue weighted by atomic mass is 10.5. The van der Waals surface area contributed by atoms with Gasteiger partial charge >= 0.3 is 5.69 Å². The first-order valence-electron chi connectivity index (χ1n) is 5.29. The van der Waals surface area contributed by atoms with Crippen LogP contribution in [0.3, 0.4) is 0 Å². The molecule has 2 heterocycles. The third kappa shape index (κ3) is 3.19. The van der Waals surface area contributed by atoms with Gasteiger partial charge in [0.05, 0.1) is 18.1 Å². The zero-order valence-corrected chi connectivity index (χ0v) is 11.4. The van der Waals surface area contributed by atoms with Gasteiger partial charge in [-0.1, -0.05) is 11.3 Å². The molecule has 0 aromatic carbocycles. The summed E-state index contributed by atoms with van der Waals surface area (Å²) in [5, 5.41) is 12.0. The average molecular weight is 308 g/mol. The minimum atomic E-state index is -3.84. The Kier molecular flexibility index (Phi) is 4.01. The summed E-state index contributed by atoms with van der Waals surface area (Å²) in [4.78, 5) is 12.3. The molecule has 1 fully saturated rings. The molecule has 1 aliphatic rings. The Morgan fingerprint density at radius 2 is 2.11 bits per heavy atom. The monoisotopic (exact) mass is 308 g/mol. The van der Waals surface area contributed by atoms with Crippen molar-refractivity contribution in [3.05, 3.63) is 16.2 Å². The molecule has 0 bridgehead atoms. The lowest BCUT2D eigenvalue weighted by Gasteiger charge is -2.26. The van der Waals surface area contributed by atoms with Crippen LogP contribution in [0.4, 0.5) is 10.7 Å². The van der Waals surface area contributed by atoms with Gasteiger partial charge in [0.15, 0.2) is 5.00 Å². The van der Waals surface area contributed by atoms with E-state index >= 15 is 0 Å². The largest absolute Gasteiger partial charge is 0.385 e. The Balaban J connectivity index is 2.19. The quantitative estimate of drug-likeness (QED) is 0.580. The van der Waals surface area contributed by atoms with E-state index in [1.807, 2.05) is 0 Å². The summed E-state index contributed by atoms with van der Waals surface area (Å²) in [6, 6.07) is 0.961. The molecule has 1 aliphatic heterocycles. The highest BCUT2D eigenvalue weighted by Gasteiger charge is 2.26. The number of nitrogens with one attached hydrogen (secondary N) is 1. The van der Waals surface area contributed by atoms with Crippen molar-refractivity contribution in [2.75, 3.05) is 32.0 Å². The third-order valence-electron chi connectivity index (χ3n) is 2.44. The molecule has 0 aliphatic carbocycles. The van der Waals surface area contributed by atoms with E-state index in [1.165, 1.54) is 5.01 Å². The molecule has 1 aromatic rings. The zero-order chi connectivity index (χ0) is 14.0. The minimum absolute atomic E-state index is 0.132. The van der Waals surface area contributed by atoms with Gasteiger partial charge in [-0.05, 0) is 0 Å². The summed E-state index contributed by atoms with van der Waals surface area (Å²) in [5.74, 6) is 0. The van der Waals surface area contributed by atoms with E-state index in [9.17, 15) is 18.5 Å². The molecule has 1 saturated heterocycles. The molecule has 1 aromatic heterocycles. The topological polar surface area (TPSA) is 128 Å². The Bertz CT molecular complexity index is 578. The van der Waals surface area contributed by atoms with Crippen molar-refractivity contribution in [2.24, 2.45) is 0 Å². The highest BCUT2D eigenvalue weighted by atomic mass is 32.2. The Morgan fingerprint density at radius 1 is 1.47 bits per heavy atom. The molecule has 0 radical (unpaired) electrons. The van der Waals surface area contributed by atoms with Gasteiger partial charge < -0.3 is 10.5 Å². The molecule has 106 valence electrons. The summed E-state index contributed by atoms with van der Waals surface area (Å²) in [6.45, 7) is 1.69. The van der Waals surface area contributed by atoms with Crippen molar-refractivity contribution in [3.8, 4) is 0 Å². The number of hydrogen-bond acceptors (Lipinski definition) is 8. The number of sulfonamides is 1. The first-order valence-corrected chi connectivity index (χ1v) is 7.59. The lowest BCUT2D eigenvalue weighted by molar-refractivity contribution is -0.383. The van der Waals surface area contributed by atoms with E-state index in [1.54, 1.807) is 0 Å². The zero-order valence-electron chi connectivity index (χ0n) is 9.74. The number of morpholine rings is 1. The fourth-order valence-corrected chi connectivity index (χ4v) is 3.84. The molecule has 0 amide bonds. The maximum absolute atomic E-state index is 12.0. The van der Waals surface area contributed by atoms with Gasteiger partial charge in [0.25, 0.3) is 10.0 Å². The van der Waals surface area contributed by atoms with Crippen molar-refractivity contribution >= 4 is 32.0 Å². The molecule has 19 heavy (non-hydrogen) atoms. The van der Waals surface area contributed by atoms with Gasteiger partial charge in [0, 0.05) is 19.2 Å². The van der Waals surface area contributed by atoms with Gasteiger partial charge in [-0.3, -0.25) is 10.1 Å². The highest BCUT2D eigenvalue weighted by molar-refractivity contribution is 7.91. The molecule has 0 spiro atoms. The van der Waals surface area contributed by atoms with Crippen LogP contribution in [0.15, 0.2) is 10.3 Å². The smallest absolute Gasteiger partial charge is 0.304 e. The van der Waals surface area contributed by atoms with E-state index in [0.29, 0.717) is 37.6 Å². The minimum Gasteiger partial charge on any atom is -0.385 e. The normalized spacial score (nSPS) is 17.5. The van der Waals surface area contributed by atoms with Crippen LogP contribution < -0.4 is 10.6 Å². The predicted molar refractivity (Wildman–Crippen MR) is 68.1 cm³/mol. The number of anilines is 1. The fraction of sp³-hybridized carbons (Fsp3) is 0.500. The van der Waals surface area contributed by atoms with Crippen LogP contribution in [0.1, 0.15) is 0 Å². The number of rotatable bonds is 4. The summed E-state index contributed by atoms with van der Waals surface area (Å²) in [5.41, 5.74) is 5.03. The van der Waals surface area contributed by atoms with E-state index in [0.717, 1.165) is 6.07 Å². The van der Waals surface area contributed by atoms with Gasteiger partial charge in [0.1, 0.15) is 4.21 Å². The second-order valence-corrected chi connectivity index (χ2v) is 6.74. The van der Waals surface area contributed by atoms with Gasteiger partial charge in [-0.25, -0.2) is 13.4 Å². The SMILES string of the molecule is Nc1sc(S(=O)(=O)NN2CCOCC2)cc1[N+](=O)[O-]. The summed E-state index contributed by atoms with van der Waals surface area (Å²) in [7, 11) is -3.84. The van der Waals surface area contributed by atoms with Crippen molar-refractivity contribution in [1.82, 2.24) is 9.84 Å². The number of hydrogen-bond donors (Lipinski definition) is 2. The van der Waals surface area contributed by atoms with Crippen molar-refractivity contribution in [2.45, 2.75) is 4.21 Å². The Morgan fingerprint density at radius 3 is 2.63 bits per heavy atom. The highest BCUT2D eigenvalue weighted by Crippen LogP contribution is 2.34. The van der Waals surface area contributed by atoms with Crippen LogP contribution in [0, 0.1) is 10.1 Å². The average Bonchev–Trinajstić information content (AvgIpc) is 2.73. The fourth-order valence-electron chi connectivity index (χ4n) is 1.52. The van der Waals surface area contributed by atoms with Gasteiger partial charge in [-0.2, -0.15) is 0 Å². The van der Waals surface area contributed by atoms with Crippen LogP contribution >= 0.6 is 11.3 Å². The number of hydrazine groups is 1. The number of nitrogen functional groups attached to an aromatic ring is 1. The lowest BCUT2D eigenvalue weighted by Crippen LogP contribution is -2.48. The first-order chi connectivity index (χ1) is 8.90. The summed E-state index contributed by atoms with van der Waals surface area (Å²) in [6.07, 6.45) is 0. The Hall–Kier alpha value is -1.27. The molecule has 3 N–H and O–H groups in total. The van der Waals surface area contributed by atoms with E-state index in [4.69, 9.17) is 10.5 Å². The third-order valence-corrected chi connectivity index (χ3v) is 5.24. The van der Waals surface area contributed by atoms with Crippen molar-refractivity contribution in [1.29, 1.82) is 0 Å². The maximum Gasteiger partial charge on any atom is 0.304 e.